The third kappa shape index (κ3) is 5.25. The number of nitrogens with one attached hydrogen (secondary N) is 2. The first-order chi connectivity index (χ1) is 15.7. The molecular weight excluding hydrogens is 416 g/mol. The summed E-state index contributed by atoms with van der Waals surface area (Å²) in [5.74, 6) is -0.359. The Morgan fingerprint density at radius 2 is 1.91 bits per heavy atom. The molecule has 1 aliphatic rings. The van der Waals surface area contributed by atoms with Crippen molar-refractivity contribution in [2.75, 3.05) is 5.32 Å². The van der Waals surface area contributed by atoms with Crippen molar-refractivity contribution in [3.8, 4) is 5.69 Å². The number of hydrogen-bond donors (Lipinski definition) is 3. The van der Waals surface area contributed by atoms with Crippen molar-refractivity contribution in [2.24, 2.45) is 0 Å². The highest BCUT2D eigenvalue weighted by Crippen LogP contribution is 2.30. The summed E-state index contributed by atoms with van der Waals surface area (Å²) in [6.45, 7) is 6.18. The van der Waals surface area contributed by atoms with Crippen LogP contribution in [0, 0.1) is 0 Å². The largest absolute Gasteiger partial charge is 0.481 e. The maximum atomic E-state index is 13.0. The number of aryl methyl sites for hydroxylation is 1. The molecule has 0 spiro atoms. The number of anilines is 1. The van der Waals surface area contributed by atoms with Crippen molar-refractivity contribution in [2.45, 2.75) is 57.9 Å². The second kappa shape index (κ2) is 9.10. The van der Waals surface area contributed by atoms with Crippen LogP contribution in [0.3, 0.4) is 0 Å². The first-order valence-electron chi connectivity index (χ1n) is 11.3. The Hall–Kier alpha value is -3.61. The molecule has 172 valence electrons. The molecule has 2 amide bonds. The summed E-state index contributed by atoms with van der Waals surface area (Å²) in [5.41, 5.74) is 4.42. The number of urea groups is 1. The number of aromatic nitrogens is 2. The number of carbonyl (C=O) groups is 2. The quantitative estimate of drug-likeness (QED) is 0.514. The molecule has 7 heteroatoms. The van der Waals surface area contributed by atoms with E-state index in [1.165, 1.54) is 11.1 Å². The predicted octanol–water partition coefficient (Wildman–Crippen LogP) is 5.00. The van der Waals surface area contributed by atoms with E-state index in [0.29, 0.717) is 17.1 Å². The first-order valence-corrected chi connectivity index (χ1v) is 11.3. The number of carboxylic acids is 1. The summed E-state index contributed by atoms with van der Waals surface area (Å²) in [5, 5.41) is 20.0. The first kappa shape index (κ1) is 22.6. The number of hydrogen-bond acceptors (Lipinski definition) is 3. The van der Waals surface area contributed by atoms with Crippen LogP contribution in [0.2, 0.25) is 0 Å². The van der Waals surface area contributed by atoms with E-state index < -0.39 is 5.97 Å². The van der Waals surface area contributed by atoms with Gasteiger partial charge in [0.25, 0.3) is 0 Å². The van der Waals surface area contributed by atoms with Crippen molar-refractivity contribution in [1.29, 1.82) is 0 Å². The van der Waals surface area contributed by atoms with E-state index in [-0.39, 0.29) is 23.9 Å². The fraction of sp³-hybridized carbons (Fsp3) is 0.346. The van der Waals surface area contributed by atoms with Crippen molar-refractivity contribution in [1.82, 2.24) is 15.1 Å². The van der Waals surface area contributed by atoms with Gasteiger partial charge in [-0.15, -0.1) is 0 Å². The van der Waals surface area contributed by atoms with E-state index in [1.807, 2.05) is 24.3 Å². The number of fused-ring (bicyclic) bond motifs is 1. The number of benzene rings is 2. The molecule has 3 aromatic rings. The topological polar surface area (TPSA) is 96.2 Å². The number of aliphatic carboxylic acids is 1. The molecule has 33 heavy (non-hydrogen) atoms. The Bertz CT molecular complexity index is 1180. The fourth-order valence-electron chi connectivity index (χ4n) is 4.22. The average Bonchev–Trinajstić information content (AvgIpc) is 3.18. The number of nitrogens with zero attached hydrogens (tertiary/aromatic N) is 2. The predicted molar refractivity (Wildman–Crippen MR) is 128 cm³/mol. The van der Waals surface area contributed by atoms with Gasteiger partial charge in [0.05, 0.1) is 23.8 Å². The van der Waals surface area contributed by atoms with Gasteiger partial charge in [-0.25, -0.2) is 9.48 Å². The van der Waals surface area contributed by atoms with Crippen LogP contribution >= 0.6 is 0 Å². The second-order valence-corrected chi connectivity index (χ2v) is 9.56. The van der Waals surface area contributed by atoms with Crippen LogP contribution < -0.4 is 10.6 Å². The van der Waals surface area contributed by atoms with Gasteiger partial charge in [-0.2, -0.15) is 5.10 Å². The Morgan fingerprint density at radius 3 is 2.67 bits per heavy atom. The third-order valence-corrected chi connectivity index (χ3v) is 5.90. The van der Waals surface area contributed by atoms with Crippen LogP contribution in [0.25, 0.3) is 5.69 Å². The molecule has 0 bridgehead atoms. The smallest absolute Gasteiger partial charge is 0.320 e. The van der Waals surface area contributed by atoms with Gasteiger partial charge in [0.15, 0.2) is 0 Å². The Morgan fingerprint density at radius 1 is 1.12 bits per heavy atom. The highest BCUT2D eigenvalue weighted by atomic mass is 16.4. The summed E-state index contributed by atoms with van der Waals surface area (Å²) in [6.07, 6.45) is 2.88. The van der Waals surface area contributed by atoms with Gasteiger partial charge in [0, 0.05) is 11.5 Å². The van der Waals surface area contributed by atoms with Crippen LogP contribution in [0.15, 0.2) is 54.6 Å². The molecule has 1 aromatic heterocycles. The van der Waals surface area contributed by atoms with Crippen LogP contribution in [0.1, 0.15) is 62.0 Å². The number of carboxylic acid groups (broad SMARTS) is 1. The lowest BCUT2D eigenvalue weighted by molar-refractivity contribution is -0.136. The Balaban J connectivity index is 1.61. The molecular formula is C26H30N4O3. The minimum absolute atomic E-state index is 0.0349. The molecule has 0 unspecified atom stereocenters. The van der Waals surface area contributed by atoms with Crippen molar-refractivity contribution < 1.29 is 14.7 Å². The minimum atomic E-state index is -0.895. The van der Waals surface area contributed by atoms with E-state index in [2.05, 4.69) is 43.5 Å². The van der Waals surface area contributed by atoms with Gasteiger partial charge in [-0.3, -0.25) is 10.1 Å². The Labute approximate surface area is 193 Å². The minimum Gasteiger partial charge on any atom is -0.481 e. The molecule has 2 aromatic carbocycles. The van der Waals surface area contributed by atoms with E-state index in [1.54, 1.807) is 22.9 Å². The lowest BCUT2D eigenvalue weighted by Gasteiger charge is -2.26. The Kier molecular flexibility index (Phi) is 6.22. The molecule has 0 saturated heterocycles. The van der Waals surface area contributed by atoms with Gasteiger partial charge in [0.2, 0.25) is 0 Å². The normalized spacial score (nSPS) is 15.5. The van der Waals surface area contributed by atoms with E-state index in [9.17, 15) is 9.59 Å². The van der Waals surface area contributed by atoms with Crippen LogP contribution in [-0.4, -0.2) is 26.9 Å². The summed E-state index contributed by atoms with van der Waals surface area (Å²) in [7, 11) is 0. The second-order valence-electron chi connectivity index (χ2n) is 9.56. The molecule has 3 N–H and O–H groups in total. The zero-order valence-corrected chi connectivity index (χ0v) is 19.3. The highest BCUT2D eigenvalue weighted by molar-refractivity contribution is 5.89. The van der Waals surface area contributed by atoms with Crippen molar-refractivity contribution in [3.63, 3.8) is 0 Å². The van der Waals surface area contributed by atoms with Gasteiger partial charge in [-0.05, 0) is 48.1 Å². The monoisotopic (exact) mass is 446 g/mol. The lowest BCUT2D eigenvalue weighted by Crippen LogP contribution is -2.34. The molecule has 4 rings (SSSR count). The number of rotatable bonds is 5. The van der Waals surface area contributed by atoms with E-state index in [4.69, 9.17) is 10.2 Å². The SMILES string of the molecule is CC(C)(C)c1cc(NC(=O)N[C@H]2CCCc3ccccc32)n(-c2cccc(CC(=O)O)c2)n1. The van der Waals surface area contributed by atoms with Crippen LogP contribution in [0.5, 0.6) is 0 Å². The summed E-state index contributed by atoms with van der Waals surface area (Å²) >= 11 is 0. The highest BCUT2D eigenvalue weighted by Gasteiger charge is 2.24. The van der Waals surface area contributed by atoms with Gasteiger partial charge in [0.1, 0.15) is 5.82 Å². The van der Waals surface area contributed by atoms with Crippen molar-refractivity contribution >= 4 is 17.8 Å². The van der Waals surface area contributed by atoms with Gasteiger partial charge >= 0.3 is 12.0 Å². The fourth-order valence-corrected chi connectivity index (χ4v) is 4.22. The van der Waals surface area contributed by atoms with Gasteiger partial charge < -0.3 is 10.4 Å². The van der Waals surface area contributed by atoms with Gasteiger partial charge in [-0.1, -0.05) is 57.2 Å². The molecule has 0 aliphatic heterocycles. The number of carbonyl (C=O) groups excluding carboxylic acids is 1. The maximum absolute atomic E-state index is 13.0. The third-order valence-electron chi connectivity index (χ3n) is 5.90. The standard InChI is InChI=1S/C26H30N4O3/c1-26(2,3)22-16-23(30(29-22)19-11-6-8-17(14-19)15-24(31)32)28-25(33)27-21-13-7-10-18-9-4-5-12-20(18)21/h4-6,8-9,11-12,14,16,21H,7,10,13,15H2,1-3H3,(H,31,32)(H2,27,28,33)/t21-/m0/s1. The molecule has 7 nitrogen and oxygen atoms in total. The summed E-state index contributed by atoms with van der Waals surface area (Å²) in [4.78, 5) is 24.2. The molecule has 0 saturated carbocycles. The van der Waals surface area contributed by atoms with Crippen LogP contribution in [0.4, 0.5) is 10.6 Å². The van der Waals surface area contributed by atoms with Crippen LogP contribution in [-0.2, 0) is 23.1 Å². The molecule has 0 fully saturated rings. The van der Waals surface area contributed by atoms with E-state index in [0.717, 1.165) is 25.0 Å². The van der Waals surface area contributed by atoms with Crippen molar-refractivity contribution in [3.05, 3.63) is 77.0 Å². The number of amides is 2. The molecule has 1 aliphatic carbocycles. The molecule has 1 atom stereocenters. The average molecular weight is 447 g/mol. The zero-order valence-electron chi connectivity index (χ0n) is 19.3. The zero-order chi connectivity index (χ0) is 23.6. The lowest BCUT2D eigenvalue weighted by atomic mass is 9.88. The molecule has 1 heterocycles. The summed E-state index contributed by atoms with van der Waals surface area (Å²) < 4.78 is 1.67. The molecule has 0 radical (unpaired) electrons. The summed E-state index contributed by atoms with van der Waals surface area (Å²) in [6, 6.07) is 17.0. The van der Waals surface area contributed by atoms with E-state index >= 15 is 0 Å². The maximum Gasteiger partial charge on any atom is 0.320 e.